The molecule has 1 aromatic carbocycles. The van der Waals surface area contributed by atoms with Crippen LogP contribution in [0.5, 0.6) is 11.5 Å². The van der Waals surface area contributed by atoms with Crippen molar-refractivity contribution in [3.8, 4) is 11.5 Å². The summed E-state index contributed by atoms with van der Waals surface area (Å²) in [4.78, 5) is 27.5. The van der Waals surface area contributed by atoms with E-state index >= 15 is 0 Å². The molecule has 24 heavy (non-hydrogen) atoms. The zero-order valence-corrected chi connectivity index (χ0v) is 13.3. The first-order chi connectivity index (χ1) is 11.6. The van der Waals surface area contributed by atoms with Gasteiger partial charge in [0.25, 0.3) is 0 Å². The largest absolute Gasteiger partial charge is 0.484 e. The highest BCUT2D eigenvalue weighted by Crippen LogP contribution is 2.38. The lowest BCUT2D eigenvalue weighted by Crippen LogP contribution is -2.48. The van der Waals surface area contributed by atoms with Gasteiger partial charge in [0.2, 0.25) is 6.23 Å². The van der Waals surface area contributed by atoms with Crippen molar-refractivity contribution >= 4 is 23.3 Å². The second-order valence-electron chi connectivity index (χ2n) is 5.58. The number of fused-ring (bicyclic) bond motifs is 3. The van der Waals surface area contributed by atoms with E-state index in [1.807, 2.05) is 25.1 Å². The van der Waals surface area contributed by atoms with Gasteiger partial charge in [-0.2, -0.15) is 0 Å². The van der Waals surface area contributed by atoms with Crippen LogP contribution in [0.4, 0.5) is 4.79 Å². The first-order valence-corrected chi connectivity index (χ1v) is 7.73. The van der Waals surface area contributed by atoms with Gasteiger partial charge in [0.05, 0.1) is 5.52 Å². The van der Waals surface area contributed by atoms with E-state index in [1.54, 1.807) is 6.07 Å². The topological polar surface area (TPSA) is 89.0 Å². The number of carbonyl (C=O) groups excluding carboxylic acids is 1. The minimum Gasteiger partial charge on any atom is -0.484 e. The molecule has 2 heterocycles. The van der Waals surface area contributed by atoms with E-state index in [-0.39, 0.29) is 13.2 Å². The van der Waals surface area contributed by atoms with Crippen molar-refractivity contribution in [3.05, 3.63) is 30.0 Å². The van der Waals surface area contributed by atoms with Crippen LogP contribution in [0.2, 0.25) is 0 Å². The SMILES string of the molecule is Cc1ccc2c3c(ccc2n1)OCC(N(CCCC=O)C(=O)O)O3. The van der Waals surface area contributed by atoms with E-state index in [9.17, 15) is 14.7 Å². The molecule has 3 rings (SSSR count). The molecule has 0 bridgehead atoms. The van der Waals surface area contributed by atoms with Crippen LogP contribution in [0, 0.1) is 6.92 Å². The van der Waals surface area contributed by atoms with Gasteiger partial charge in [0.1, 0.15) is 12.9 Å². The zero-order chi connectivity index (χ0) is 17.1. The van der Waals surface area contributed by atoms with E-state index in [2.05, 4.69) is 4.98 Å². The summed E-state index contributed by atoms with van der Waals surface area (Å²) in [5.41, 5.74) is 1.65. The van der Waals surface area contributed by atoms with Gasteiger partial charge in [0.15, 0.2) is 11.5 Å². The van der Waals surface area contributed by atoms with E-state index in [0.29, 0.717) is 24.3 Å². The van der Waals surface area contributed by atoms with E-state index < -0.39 is 12.3 Å². The van der Waals surface area contributed by atoms with E-state index in [0.717, 1.165) is 27.8 Å². The number of pyridine rings is 1. The van der Waals surface area contributed by atoms with Gasteiger partial charge in [-0.15, -0.1) is 0 Å². The van der Waals surface area contributed by atoms with Crippen LogP contribution in [-0.2, 0) is 4.79 Å². The molecule has 0 spiro atoms. The van der Waals surface area contributed by atoms with Crippen LogP contribution in [0.1, 0.15) is 18.5 Å². The fourth-order valence-corrected chi connectivity index (χ4v) is 2.69. The third-order valence-corrected chi connectivity index (χ3v) is 3.87. The Morgan fingerprint density at radius 2 is 2.25 bits per heavy atom. The van der Waals surface area contributed by atoms with Gasteiger partial charge >= 0.3 is 6.09 Å². The van der Waals surface area contributed by atoms with Crippen molar-refractivity contribution in [2.24, 2.45) is 0 Å². The summed E-state index contributed by atoms with van der Waals surface area (Å²) in [6.45, 7) is 2.21. The number of aldehydes is 1. The van der Waals surface area contributed by atoms with Gasteiger partial charge in [-0.25, -0.2) is 4.79 Å². The van der Waals surface area contributed by atoms with Crippen LogP contribution in [0.25, 0.3) is 10.9 Å². The maximum atomic E-state index is 11.5. The Morgan fingerprint density at radius 3 is 3.00 bits per heavy atom. The van der Waals surface area contributed by atoms with Crippen molar-refractivity contribution in [1.29, 1.82) is 0 Å². The standard InChI is InChI=1S/C17H18N2O5/c1-11-4-5-12-13(18-11)6-7-14-16(12)24-15(10-23-14)19(17(21)22)8-2-3-9-20/h4-7,9,15H,2-3,8,10H2,1H3,(H,21,22). The Hall–Kier alpha value is -2.83. The number of carbonyl (C=O) groups is 2. The first kappa shape index (κ1) is 16.0. The summed E-state index contributed by atoms with van der Waals surface area (Å²) < 4.78 is 11.6. The van der Waals surface area contributed by atoms with Gasteiger partial charge in [-0.1, -0.05) is 0 Å². The summed E-state index contributed by atoms with van der Waals surface area (Å²) in [5, 5.41) is 10.2. The molecule has 0 radical (unpaired) electrons. The summed E-state index contributed by atoms with van der Waals surface area (Å²) in [6.07, 6.45) is -0.339. The lowest BCUT2D eigenvalue weighted by atomic mass is 10.1. The molecule has 7 nitrogen and oxygen atoms in total. The summed E-state index contributed by atoms with van der Waals surface area (Å²) >= 11 is 0. The molecule has 2 aromatic rings. The summed E-state index contributed by atoms with van der Waals surface area (Å²) in [6, 6.07) is 7.39. The first-order valence-electron chi connectivity index (χ1n) is 7.73. The number of hydrogen-bond acceptors (Lipinski definition) is 5. The molecule has 1 amide bonds. The molecule has 1 unspecified atom stereocenters. The smallest absolute Gasteiger partial charge is 0.410 e. The lowest BCUT2D eigenvalue weighted by molar-refractivity contribution is -0.108. The Balaban J connectivity index is 1.89. The summed E-state index contributed by atoms with van der Waals surface area (Å²) in [7, 11) is 0. The third-order valence-electron chi connectivity index (χ3n) is 3.87. The van der Waals surface area contributed by atoms with Gasteiger partial charge < -0.3 is 19.4 Å². The van der Waals surface area contributed by atoms with E-state index in [4.69, 9.17) is 9.47 Å². The van der Waals surface area contributed by atoms with Crippen LogP contribution >= 0.6 is 0 Å². The second kappa shape index (κ2) is 6.74. The predicted octanol–water partition coefficient (Wildman–Crippen LogP) is 2.60. The molecule has 1 N–H and O–H groups in total. The molecule has 1 aromatic heterocycles. The Labute approximate surface area is 138 Å². The predicted molar refractivity (Wildman–Crippen MR) is 86.4 cm³/mol. The quantitative estimate of drug-likeness (QED) is 0.669. The molecule has 1 aliphatic heterocycles. The minimum atomic E-state index is -1.10. The van der Waals surface area contributed by atoms with Gasteiger partial charge in [-0.05, 0) is 37.6 Å². The molecule has 7 heteroatoms. The Morgan fingerprint density at radius 1 is 1.42 bits per heavy atom. The van der Waals surface area contributed by atoms with E-state index in [1.165, 1.54) is 0 Å². The number of unbranched alkanes of at least 4 members (excludes halogenated alkanes) is 1. The van der Waals surface area contributed by atoms with Crippen LogP contribution in [0.15, 0.2) is 24.3 Å². The van der Waals surface area contributed by atoms with Crippen molar-refractivity contribution in [1.82, 2.24) is 9.88 Å². The minimum absolute atomic E-state index is 0.102. The third kappa shape index (κ3) is 3.10. The van der Waals surface area contributed by atoms with Crippen molar-refractivity contribution < 1.29 is 24.2 Å². The Kier molecular flexibility index (Phi) is 4.50. The van der Waals surface area contributed by atoms with Crippen molar-refractivity contribution in [2.45, 2.75) is 26.0 Å². The molecular formula is C17H18N2O5. The number of aryl methyl sites for hydroxylation is 1. The Bertz CT molecular complexity index is 777. The van der Waals surface area contributed by atoms with Crippen LogP contribution in [0.3, 0.4) is 0 Å². The van der Waals surface area contributed by atoms with Crippen molar-refractivity contribution in [2.75, 3.05) is 13.2 Å². The zero-order valence-electron chi connectivity index (χ0n) is 13.3. The second-order valence-corrected chi connectivity index (χ2v) is 5.58. The molecule has 1 atom stereocenters. The molecule has 0 aliphatic carbocycles. The highest BCUT2D eigenvalue weighted by molar-refractivity contribution is 5.88. The lowest BCUT2D eigenvalue weighted by Gasteiger charge is -2.33. The number of ether oxygens (including phenoxy) is 2. The average molecular weight is 330 g/mol. The maximum absolute atomic E-state index is 11.5. The van der Waals surface area contributed by atoms with Crippen LogP contribution < -0.4 is 9.47 Å². The summed E-state index contributed by atoms with van der Waals surface area (Å²) in [5.74, 6) is 1.07. The van der Waals surface area contributed by atoms with Gasteiger partial charge in [0, 0.05) is 24.0 Å². The normalized spacial score (nSPS) is 16.0. The number of hydrogen-bond donors (Lipinski definition) is 1. The fraction of sp³-hybridized carbons (Fsp3) is 0.353. The number of carboxylic acid groups (broad SMARTS) is 1. The highest BCUT2D eigenvalue weighted by atomic mass is 16.6. The van der Waals surface area contributed by atoms with Crippen molar-refractivity contribution in [3.63, 3.8) is 0 Å². The molecule has 126 valence electrons. The average Bonchev–Trinajstić information content (AvgIpc) is 2.57. The monoisotopic (exact) mass is 330 g/mol. The molecular weight excluding hydrogens is 312 g/mol. The van der Waals surface area contributed by atoms with Gasteiger partial charge in [-0.3, -0.25) is 9.88 Å². The molecule has 0 saturated heterocycles. The number of aromatic nitrogens is 1. The van der Waals surface area contributed by atoms with Crippen LogP contribution in [-0.4, -0.2) is 46.7 Å². The molecule has 1 aliphatic rings. The molecule has 0 fully saturated rings. The number of amides is 1. The maximum Gasteiger partial charge on any atom is 0.410 e. The fourth-order valence-electron chi connectivity index (χ4n) is 2.69. The highest BCUT2D eigenvalue weighted by Gasteiger charge is 2.31. The number of benzene rings is 1. The number of nitrogens with zero attached hydrogens (tertiary/aromatic N) is 2. The number of rotatable bonds is 5. The molecule has 0 saturated carbocycles.